The highest BCUT2D eigenvalue weighted by atomic mass is 16.5. The molecular weight excluding hydrogens is 204 g/mol. The van der Waals surface area contributed by atoms with Crippen LogP contribution in [0.25, 0.3) is 0 Å². The molecular formula is C12H22N2O2. The topological polar surface area (TPSA) is 64.4 Å². The Morgan fingerprint density at radius 3 is 2.81 bits per heavy atom. The van der Waals surface area contributed by atoms with Gasteiger partial charge in [-0.05, 0) is 19.3 Å². The van der Waals surface area contributed by atoms with Crippen LogP contribution in [0, 0.1) is 5.92 Å². The molecule has 1 saturated carbocycles. The van der Waals surface area contributed by atoms with Crippen molar-refractivity contribution in [2.75, 3.05) is 19.8 Å². The molecule has 0 spiro atoms. The van der Waals surface area contributed by atoms with E-state index in [9.17, 15) is 4.79 Å². The van der Waals surface area contributed by atoms with E-state index in [1.54, 1.807) is 0 Å². The van der Waals surface area contributed by atoms with Gasteiger partial charge in [0.15, 0.2) is 0 Å². The molecule has 1 amide bonds. The molecule has 16 heavy (non-hydrogen) atoms. The molecule has 1 aliphatic heterocycles. The molecule has 0 aromatic carbocycles. The largest absolute Gasteiger partial charge is 0.381 e. The monoisotopic (exact) mass is 226 g/mol. The fraction of sp³-hybridized carbons (Fsp3) is 0.917. The van der Waals surface area contributed by atoms with Crippen LogP contribution in [0.1, 0.15) is 38.5 Å². The Labute approximate surface area is 96.9 Å². The molecule has 1 atom stereocenters. The molecule has 3 N–H and O–H groups in total. The van der Waals surface area contributed by atoms with Crippen LogP contribution in [-0.4, -0.2) is 31.2 Å². The lowest BCUT2D eigenvalue weighted by molar-refractivity contribution is -0.122. The smallest absolute Gasteiger partial charge is 0.221 e. The summed E-state index contributed by atoms with van der Waals surface area (Å²) in [7, 11) is 0. The lowest BCUT2D eigenvalue weighted by Crippen LogP contribution is -2.43. The maximum atomic E-state index is 11.7. The molecule has 2 aliphatic rings. The SMILES string of the molecule is NC1(CC(=O)NCC2CCOC2)CCCC1. The normalized spacial score (nSPS) is 28.2. The summed E-state index contributed by atoms with van der Waals surface area (Å²) in [6, 6.07) is 0. The third-order valence-corrected chi connectivity index (χ3v) is 3.72. The number of hydrogen-bond acceptors (Lipinski definition) is 3. The second-order valence-electron chi connectivity index (χ2n) is 5.28. The van der Waals surface area contributed by atoms with E-state index in [0.717, 1.165) is 39.0 Å². The highest BCUT2D eigenvalue weighted by Gasteiger charge is 2.31. The van der Waals surface area contributed by atoms with Crippen molar-refractivity contribution in [3.05, 3.63) is 0 Å². The molecule has 4 heteroatoms. The van der Waals surface area contributed by atoms with Crippen LogP contribution >= 0.6 is 0 Å². The van der Waals surface area contributed by atoms with Crippen molar-refractivity contribution in [2.24, 2.45) is 11.7 Å². The summed E-state index contributed by atoms with van der Waals surface area (Å²) in [5.41, 5.74) is 5.93. The van der Waals surface area contributed by atoms with E-state index < -0.39 is 0 Å². The molecule has 0 bridgehead atoms. The van der Waals surface area contributed by atoms with E-state index in [2.05, 4.69) is 5.32 Å². The number of hydrogen-bond donors (Lipinski definition) is 2. The molecule has 2 rings (SSSR count). The van der Waals surface area contributed by atoms with Crippen molar-refractivity contribution in [3.63, 3.8) is 0 Å². The molecule has 1 unspecified atom stereocenters. The second kappa shape index (κ2) is 5.15. The average molecular weight is 226 g/mol. The Hall–Kier alpha value is -0.610. The fourth-order valence-corrected chi connectivity index (χ4v) is 2.64. The second-order valence-corrected chi connectivity index (χ2v) is 5.28. The Kier molecular flexibility index (Phi) is 3.82. The van der Waals surface area contributed by atoms with Gasteiger partial charge in [-0.15, -0.1) is 0 Å². The first-order valence-electron chi connectivity index (χ1n) is 6.31. The minimum absolute atomic E-state index is 0.108. The molecule has 1 heterocycles. The molecule has 0 aromatic rings. The first-order chi connectivity index (χ1) is 7.68. The van der Waals surface area contributed by atoms with Gasteiger partial charge in [0, 0.05) is 31.0 Å². The van der Waals surface area contributed by atoms with Gasteiger partial charge in [-0.2, -0.15) is 0 Å². The summed E-state index contributed by atoms with van der Waals surface area (Å²) in [5.74, 6) is 0.609. The summed E-state index contributed by atoms with van der Waals surface area (Å²) >= 11 is 0. The van der Waals surface area contributed by atoms with Crippen molar-refractivity contribution in [1.29, 1.82) is 0 Å². The van der Waals surface area contributed by atoms with E-state index in [0.29, 0.717) is 12.3 Å². The van der Waals surface area contributed by atoms with E-state index in [1.165, 1.54) is 12.8 Å². The van der Waals surface area contributed by atoms with E-state index in [4.69, 9.17) is 10.5 Å². The summed E-state index contributed by atoms with van der Waals surface area (Å²) in [5, 5.41) is 2.98. The Morgan fingerprint density at radius 1 is 1.44 bits per heavy atom. The van der Waals surface area contributed by atoms with Gasteiger partial charge >= 0.3 is 0 Å². The number of ether oxygens (including phenoxy) is 1. The van der Waals surface area contributed by atoms with E-state index in [-0.39, 0.29) is 11.4 Å². The highest BCUT2D eigenvalue weighted by Crippen LogP contribution is 2.29. The number of carbonyl (C=O) groups is 1. The van der Waals surface area contributed by atoms with Gasteiger partial charge in [-0.25, -0.2) is 0 Å². The quantitative estimate of drug-likeness (QED) is 0.745. The van der Waals surface area contributed by atoms with Gasteiger partial charge < -0.3 is 15.8 Å². The molecule has 0 aromatic heterocycles. The predicted octanol–water partition coefficient (Wildman–Crippen LogP) is 0.801. The minimum Gasteiger partial charge on any atom is -0.381 e. The van der Waals surface area contributed by atoms with E-state index in [1.807, 2.05) is 0 Å². The van der Waals surface area contributed by atoms with Crippen LogP contribution in [-0.2, 0) is 9.53 Å². The Balaban J connectivity index is 1.67. The van der Waals surface area contributed by atoms with Crippen LogP contribution in [0.3, 0.4) is 0 Å². The first-order valence-corrected chi connectivity index (χ1v) is 6.31. The number of amides is 1. The number of nitrogens with one attached hydrogen (secondary N) is 1. The lowest BCUT2D eigenvalue weighted by atomic mass is 9.94. The zero-order chi connectivity index (χ0) is 11.4. The van der Waals surface area contributed by atoms with Crippen molar-refractivity contribution < 1.29 is 9.53 Å². The summed E-state index contributed by atoms with van der Waals surface area (Å²) < 4.78 is 5.27. The number of rotatable bonds is 4. The maximum Gasteiger partial charge on any atom is 0.221 e. The number of carbonyl (C=O) groups excluding carboxylic acids is 1. The molecule has 2 fully saturated rings. The third kappa shape index (κ3) is 3.19. The van der Waals surface area contributed by atoms with Gasteiger partial charge in [0.25, 0.3) is 0 Å². The van der Waals surface area contributed by atoms with Crippen LogP contribution < -0.4 is 11.1 Å². The Bertz CT molecular complexity index is 243. The van der Waals surface area contributed by atoms with Crippen molar-refractivity contribution in [1.82, 2.24) is 5.32 Å². The van der Waals surface area contributed by atoms with Gasteiger partial charge in [0.2, 0.25) is 5.91 Å². The zero-order valence-corrected chi connectivity index (χ0v) is 9.84. The Morgan fingerprint density at radius 2 is 2.19 bits per heavy atom. The summed E-state index contributed by atoms with van der Waals surface area (Å²) in [6.45, 7) is 2.37. The summed E-state index contributed by atoms with van der Waals surface area (Å²) in [4.78, 5) is 11.7. The molecule has 0 radical (unpaired) electrons. The first kappa shape index (κ1) is 11.9. The standard InChI is InChI=1S/C12H22N2O2/c13-12(4-1-2-5-12)7-11(15)14-8-10-3-6-16-9-10/h10H,1-9,13H2,(H,14,15). The predicted molar refractivity (Wildman–Crippen MR) is 61.9 cm³/mol. The molecule has 92 valence electrons. The maximum absolute atomic E-state index is 11.7. The highest BCUT2D eigenvalue weighted by molar-refractivity contribution is 5.77. The van der Waals surface area contributed by atoms with Crippen LogP contribution in [0.4, 0.5) is 0 Å². The van der Waals surface area contributed by atoms with Crippen LogP contribution in [0.15, 0.2) is 0 Å². The fourth-order valence-electron chi connectivity index (χ4n) is 2.64. The molecule has 1 aliphatic carbocycles. The van der Waals surface area contributed by atoms with E-state index >= 15 is 0 Å². The average Bonchev–Trinajstić information content (AvgIpc) is 2.86. The van der Waals surface area contributed by atoms with Crippen LogP contribution in [0.2, 0.25) is 0 Å². The number of nitrogens with two attached hydrogens (primary N) is 1. The van der Waals surface area contributed by atoms with Crippen LogP contribution in [0.5, 0.6) is 0 Å². The van der Waals surface area contributed by atoms with Crippen molar-refractivity contribution >= 4 is 5.91 Å². The summed E-state index contributed by atoms with van der Waals surface area (Å²) in [6.07, 6.45) is 5.87. The van der Waals surface area contributed by atoms with Gasteiger partial charge in [0.05, 0.1) is 6.61 Å². The zero-order valence-electron chi connectivity index (χ0n) is 9.84. The van der Waals surface area contributed by atoms with Gasteiger partial charge in [0.1, 0.15) is 0 Å². The van der Waals surface area contributed by atoms with Crippen molar-refractivity contribution in [3.8, 4) is 0 Å². The molecule has 1 saturated heterocycles. The van der Waals surface area contributed by atoms with Crippen molar-refractivity contribution in [2.45, 2.75) is 44.1 Å². The molecule has 4 nitrogen and oxygen atoms in total. The minimum atomic E-state index is -0.226. The van der Waals surface area contributed by atoms with Gasteiger partial charge in [-0.1, -0.05) is 12.8 Å². The third-order valence-electron chi connectivity index (χ3n) is 3.72. The van der Waals surface area contributed by atoms with Gasteiger partial charge in [-0.3, -0.25) is 4.79 Å². The lowest BCUT2D eigenvalue weighted by Gasteiger charge is -2.22.